The van der Waals surface area contributed by atoms with Gasteiger partial charge in [-0.25, -0.2) is 9.58 Å². The molecular formula is C30H29N4O3+. The molecule has 37 heavy (non-hydrogen) atoms. The number of benzene rings is 2. The zero-order valence-corrected chi connectivity index (χ0v) is 21.8. The molecule has 2 aromatic carbocycles. The maximum Gasteiger partial charge on any atom is 0.331 e. The first kappa shape index (κ1) is 24.2. The number of aromatic amines is 1. The van der Waals surface area contributed by atoms with Crippen LogP contribution in [0.25, 0.3) is 17.0 Å². The van der Waals surface area contributed by atoms with Gasteiger partial charge >= 0.3 is 5.91 Å². The number of pyridine rings is 1. The van der Waals surface area contributed by atoms with Gasteiger partial charge in [0.1, 0.15) is 5.57 Å². The first-order valence-corrected chi connectivity index (χ1v) is 12.2. The van der Waals surface area contributed by atoms with E-state index in [1.165, 1.54) is 4.68 Å². The highest BCUT2D eigenvalue weighted by molar-refractivity contribution is 6.53. The predicted octanol–water partition coefficient (Wildman–Crippen LogP) is 4.25. The second kappa shape index (κ2) is 8.85. The van der Waals surface area contributed by atoms with Crippen LogP contribution in [-0.4, -0.2) is 21.6 Å². The zero-order chi connectivity index (χ0) is 26.6. The van der Waals surface area contributed by atoms with Gasteiger partial charge in [-0.3, -0.25) is 19.5 Å². The SMILES string of the molecule is Cc1ccc(N2C(=O)C(c3c(C)[nH]n(-c4ccc(C)cc4C)c3=O)=C([n+]3cc(C)cc(C)c3)C2=O)cc1. The van der Waals surface area contributed by atoms with Crippen molar-refractivity contribution in [2.75, 3.05) is 4.90 Å². The van der Waals surface area contributed by atoms with Crippen LogP contribution < -0.4 is 15.0 Å². The van der Waals surface area contributed by atoms with Crippen LogP contribution in [0.4, 0.5) is 5.69 Å². The number of rotatable bonds is 4. The number of nitrogens with one attached hydrogen (secondary N) is 1. The van der Waals surface area contributed by atoms with E-state index < -0.39 is 11.8 Å². The number of hydrogen-bond donors (Lipinski definition) is 1. The quantitative estimate of drug-likeness (QED) is 0.341. The Balaban J connectivity index is 1.78. The van der Waals surface area contributed by atoms with E-state index in [4.69, 9.17) is 0 Å². The lowest BCUT2D eigenvalue weighted by Gasteiger charge is -2.14. The fourth-order valence-corrected chi connectivity index (χ4v) is 5.02. The molecule has 1 aliphatic rings. The second-order valence-corrected chi connectivity index (χ2v) is 9.85. The maximum absolute atomic E-state index is 14.0. The third-order valence-corrected chi connectivity index (χ3v) is 6.67. The average molecular weight is 494 g/mol. The Bertz CT molecular complexity index is 1670. The molecule has 0 spiro atoms. The van der Waals surface area contributed by atoms with Crippen molar-refractivity contribution in [1.29, 1.82) is 0 Å². The topological polar surface area (TPSA) is 79.1 Å². The number of aromatic nitrogens is 3. The molecule has 0 saturated heterocycles. The molecule has 1 aliphatic heterocycles. The zero-order valence-electron chi connectivity index (χ0n) is 21.8. The summed E-state index contributed by atoms with van der Waals surface area (Å²) in [7, 11) is 0. The molecule has 3 heterocycles. The van der Waals surface area contributed by atoms with Crippen LogP contribution >= 0.6 is 0 Å². The van der Waals surface area contributed by atoms with Crippen LogP contribution in [0.5, 0.6) is 0 Å². The molecule has 0 atom stereocenters. The number of imide groups is 1. The van der Waals surface area contributed by atoms with Crippen molar-refractivity contribution in [2.24, 2.45) is 0 Å². The number of carbonyl (C=O) groups excluding carboxylic acids is 2. The van der Waals surface area contributed by atoms with Crippen molar-refractivity contribution >= 4 is 28.8 Å². The minimum atomic E-state index is -0.525. The number of anilines is 1. The molecule has 0 unspecified atom stereocenters. The van der Waals surface area contributed by atoms with Crippen molar-refractivity contribution in [3.05, 3.63) is 110 Å². The summed E-state index contributed by atoms with van der Waals surface area (Å²) in [5.74, 6) is -1.00. The number of H-pyrrole nitrogens is 1. The van der Waals surface area contributed by atoms with E-state index in [0.717, 1.165) is 32.7 Å². The van der Waals surface area contributed by atoms with Gasteiger partial charge in [0.25, 0.3) is 17.2 Å². The van der Waals surface area contributed by atoms with E-state index >= 15 is 0 Å². The van der Waals surface area contributed by atoms with Gasteiger partial charge in [0.15, 0.2) is 12.4 Å². The summed E-state index contributed by atoms with van der Waals surface area (Å²) in [4.78, 5) is 42.9. The lowest BCUT2D eigenvalue weighted by Crippen LogP contribution is -2.40. The number of nitrogens with zero attached hydrogens (tertiary/aromatic N) is 3. The monoisotopic (exact) mass is 493 g/mol. The third-order valence-electron chi connectivity index (χ3n) is 6.67. The molecule has 0 radical (unpaired) electrons. The second-order valence-electron chi connectivity index (χ2n) is 9.85. The number of amides is 2. The Kier molecular flexibility index (Phi) is 5.79. The van der Waals surface area contributed by atoms with Crippen LogP contribution in [0.2, 0.25) is 0 Å². The minimum Gasteiger partial charge on any atom is -0.295 e. The number of carbonyl (C=O) groups is 2. The van der Waals surface area contributed by atoms with E-state index in [1.807, 2.05) is 71.0 Å². The van der Waals surface area contributed by atoms with Gasteiger partial charge in [0.2, 0.25) is 0 Å². The lowest BCUT2D eigenvalue weighted by atomic mass is 10.0. The van der Waals surface area contributed by atoms with Gasteiger partial charge in [0.05, 0.1) is 16.9 Å². The van der Waals surface area contributed by atoms with Crippen LogP contribution in [-0.2, 0) is 9.59 Å². The number of hydrogen-bond acceptors (Lipinski definition) is 3. The molecule has 1 N–H and O–H groups in total. The van der Waals surface area contributed by atoms with E-state index in [-0.39, 0.29) is 22.4 Å². The van der Waals surface area contributed by atoms with E-state index in [2.05, 4.69) is 5.10 Å². The standard InChI is InChI=1S/C30H28N4O3/c1-17-7-10-23(11-8-17)33-28(35)26(27(30(33)37)32-15-19(3)13-20(4)16-32)25-22(6)31-34(29(25)36)24-12-9-18(2)14-21(24)5/h7-16H,1-6H3/p+1. The minimum absolute atomic E-state index is 0.0860. The summed E-state index contributed by atoms with van der Waals surface area (Å²) in [5, 5.41) is 3.14. The highest BCUT2D eigenvalue weighted by Crippen LogP contribution is 2.33. The smallest absolute Gasteiger partial charge is 0.295 e. The van der Waals surface area contributed by atoms with Gasteiger partial charge in [-0.2, -0.15) is 4.57 Å². The van der Waals surface area contributed by atoms with Crippen molar-refractivity contribution < 1.29 is 14.2 Å². The van der Waals surface area contributed by atoms with Crippen molar-refractivity contribution in [3.8, 4) is 5.69 Å². The third kappa shape index (κ3) is 4.02. The van der Waals surface area contributed by atoms with Gasteiger partial charge < -0.3 is 0 Å². The Labute approximate surface area is 215 Å². The summed E-state index contributed by atoms with van der Waals surface area (Å²) in [5.41, 5.74) is 6.59. The van der Waals surface area contributed by atoms with Gasteiger partial charge in [-0.15, -0.1) is 0 Å². The van der Waals surface area contributed by atoms with E-state index in [0.29, 0.717) is 17.1 Å². The molecule has 2 aromatic heterocycles. The molecule has 7 heteroatoms. The van der Waals surface area contributed by atoms with E-state index in [1.54, 1.807) is 36.0 Å². The summed E-state index contributed by atoms with van der Waals surface area (Å²) in [6.07, 6.45) is 3.60. The van der Waals surface area contributed by atoms with Gasteiger partial charge in [0, 0.05) is 16.8 Å². The van der Waals surface area contributed by atoms with Crippen LogP contribution in [0.3, 0.4) is 0 Å². The summed E-state index contributed by atoms with van der Waals surface area (Å²) in [6.45, 7) is 11.5. The summed E-state index contributed by atoms with van der Waals surface area (Å²) >= 11 is 0. The molecular weight excluding hydrogens is 464 g/mol. The molecule has 0 aliphatic carbocycles. The Morgan fingerprint density at radius 3 is 1.95 bits per heavy atom. The van der Waals surface area contributed by atoms with Crippen LogP contribution in [0.1, 0.15) is 39.1 Å². The first-order valence-electron chi connectivity index (χ1n) is 12.2. The Hall–Kier alpha value is -4.52. The van der Waals surface area contributed by atoms with Crippen molar-refractivity contribution in [2.45, 2.75) is 41.5 Å². The highest BCUT2D eigenvalue weighted by atomic mass is 16.2. The summed E-state index contributed by atoms with van der Waals surface area (Å²) < 4.78 is 3.12. The molecule has 7 nitrogen and oxygen atoms in total. The fraction of sp³-hybridized carbons (Fsp3) is 0.200. The van der Waals surface area contributed by atoms with Crippen LogP contribution in [0.15, 0.2) is 65.7 Å². The Morgan fingerprint density at radius 2 is 1.32 bits per heavy atom. The first-order chi connectivity index (χ1) is 17.6. The predicted molar refractivity (Wildman–Crippen MR) is 143 cm³/mol. The molecule has 0 bridgehead atoms. The maximum atomic E-state index is 14.0. The fourth-order valence-electron chi connectivity index (χ4n) is 5.02. The summed E-state index contributed by atoms with van der Waals surface area (Å²) in [6, 6.07) is 15.0. The largest absolute Gasteiger partial charge is 0.331 e. The molecule has 0 fully saturated rings. The molecule has 4 aromatic rings. The molecule has 2 amide bonds. The average Bonchev–Trinajstić information content (AvgIpc) is 3.25. The van der Waals surface area contributed by atoms with Crippen LogP contribution in [0, 0.1) is 41.5 Å². The molecule has 186 valence electrons. The highest BCUT2D eigenvalue weighted by Gasteiger charge is 2.48. The van der Waals surface area contributed by atoms with Crippen molar-refractivity contribution in [1.82, 2.24) is 9.78 Å². The lowest BCUT2D eigenvalue weighted by molar-refractivity contribution is -0.577. The van der Waals surface area contributed by atoms with Crippen molar-refractivity contribution in [3.63, 3.8) is 0 Å². The Morgan fingerprint density at radius 1 is 0.703 bits per heavy atom. The molecule has 5 rings (SSSR count). The number of aryl methyl sites for hydroxylation is 6. The normalized spacial score (nSPS) is 13.7. The van der Waals surface area contributed by atoms with Gasteiger partial charge in [-0.05, 0) is 71.4 Å². The van der Waals surface area contributed by atoms with Gasteiger partial charge in [-0.1, -0.05) is 35.4 Å². The van der Waals surface area contributed by atoms with E-state index in [9.17, 15) is 14.4 Å². The molecule has 0 saturated carbocycles.